The van der Waals surface area contributed by atoms with Crippen molar-refractivity contribution in [2.75, 3.05) is 45.1 Å². The molecule has 22 heavy (non-hydrogen) atoms. The second-order valence-corrected chi connectivity index (χ2v) is 5.73. The van der Waals surface area contributed by atoms with Crippen LogP contribution in [0.1, 0.15) is 5.56 Å². The normalized spacial score (nSPS) is 17.5. The topological polar surface area (TPSA) is 35.6 Å². The SMILES string of the molecule is CN1CCN(CC(=O)Nc2ccc(C(F)(F)F)cc2Cl)CC1. The van der Waals surface area contributed by atoms with Crippen molar-refractivity contribution < 1.29 is 18.0 Å². The number of anilines is 1. The average molecular weight is 336 g/mol. The van der Waals surface area contributed by atoms with Crippen LogP contribution in [0.25, 0.3) is 0 Å². The van der Waals surface area contributed by atoms with E-state index >= 15 is 0 Å². The van der Waals surface area contributed by atoms with Crippen LogP contribution in [0.3, 0.4) is 0 Å². The van der Waals surface area contributed by atoms with Gasteiger partial charge in [-0.1, -0.05) is 11.6 Å². The van der Waals surface area contributed by atoms with E-state index in [0.29, 0.717) is 0 Å². The molecule has 2 rings (SSSR count). The van der Waals surface area contributed by atoms with Gasteiger partial charge >= 0.3 is 6.18 Å². The fourth-order valence-electron chi connectivity index (χ4n) is 2.19. The Kier molecular flexibility index (Phi) is 5.31. The van der Waals surface area contributed by atoms with Gasteiger partial charge in [0.2, 0.25) is 5.91 Å². The minimum atomic E-state index is -4.45. The third-order valence-electron chi connectivity index (χ3n) is 3.53. The summed E-state index contributed by atoms with van der Waals surface area (Å²) in [5.41, 5.74) is -0.650. The summed E-state index contributed by atoms with van der Waals surface area (Å²) in [5.74, 6) is -0.286. The van der Waals surface area contributed by atoms with Gasteiger partial charge in [0.05, 0.1) is 22.8 Å². The smallest absolute Gasteiger partial charge is 0.324 e. The zero-order chi connectivity index (χ0) is 16.3. The monoisotopic (exact) mass is 335 g/mol. The van der Waals surface area contributed by atoms with Crippen LogP contribution in [0.4, 0.5) is 18.9 Å². The molecule has 4 nitrogen and oxygen atoms in total. The minimum absolute atomic E-state index is 0.124. The quantitative estimate of drug-likeness (QED) is 0.922. The Balaban J connectivity index is 1.94. The lowest BCUT2D eigenvalue weighted by Crippen LogP contribution is -2.47. The van der Waals surface area contributed by atoms with Crippen LogP contribution in [0.15, 0.2) is 18.2 Å². The van der Waals surface area contributed by atoms with Gasteiger partial charge in [0, 0.05) is 26.2 Å². The lowest BCUT2D eigenvalue weighted by molar-refractivity contribution is -0.137. The predicted molar refractivity (Wildman–Crippen MR) is 79.0 cm³/mol. The molecule has 1 aromatic rings. The van der Waals surface area contributed by atoms with E-state index in [0.717, 1.165) is 38.3 Å². The Labute approximate surface area is 131 Å². The van der Waals surface area contributed by atoms with Crippen LogP contribution in [0.5, 0.6) is 0 Å². The largest absolute Gasteiger partial charge is 0.416 e. The van der Waals surface area contributed by atoms with Crippen LogP contribution in [0.2, 0.25) is 5.02 Å². The third kappa shape index (κ3) is 4.59. The van der Waals surface area contributed by atoms with Crippen molar-refractivity contribution in [1.82, 2.24) is 9.80 Å². The number of nitrogens with zero attached hydrogens (tertiary/aromatic N) is 2. The highest BCUT2D eigenvalue weighted by Crippen LogP contribution is 2.33. The highest BCUT2D eigenvalue weighted by Gasteiger charge is 2.31. The van der Waals surface area contributed by atoms with E-state index in [9.17, 15) is 18.0 Å². The maximum absolute atomic E-state index is 12.5. The molecule has 1 aromatic carbocycles. The van der Waals surface area contributed by atoms with Crippen molar-refractivity contribution in [2.24, 2.45) is 0 Å². The Morgan fingerprint density at radius 2 is 1.91 bits per heavy atom. The molecule has 0 aliphatic carbocycles. The molecule has 0 unspecified atom stereocenters. The zero-order valence-electron chi connectivity index (χ0n) is 12.1. The predicted octanol–water partition coefficient (Wildman–Crippen LogP) is 2.54. The van der Waals surface area contributed by atoms with Gasteiger partial charge in [-0.15, -0.1) is 0 Å². The van der Waals surface area contributed by atoms with Crippen LogP contribution >= 0.6 is 11.6 Å². The van der Waals surface area contributed by atoms with Gasteiger partial charge < -0.3 is 10.2 Å². The molecule has 1 fully saturated rings. The van der Waals surface area contributed by atoms with E-state index in [-0.39, 0.29) is 23.2 Å². The van der Waals surface area contributed by atoms with Crippen molar-refractivity contribution >= 4 is 23.2 Å². The standard InChI is InChI=1S/C14H17ClF3N3O/c1-20-4-6-21(7-5-20)9-13(22)19-12-3-2-10(8-11(12)15)14(16,17)18/h2-3,8H,4-7,9H2,1H3,(H,19,22). The van der Waals surface area contributed by atoms with Gasteiger partial charge in [0.1, 0.15) is 0 Å². The fourth-order valence-corrected chi connectivity index (χ4v) is 2.42. The lowest BCUT2D eigenvalue weighted by Gasteiger charge is -2.31. The van der Waals surface area contributed by atoms with E-state index in [2.05, 4.69) is 10.2 Å². The number of halogens is 4. The number of benzene rings is 1. The van der Waals surface area contributed by atoms with E-state index in [1.54, 1.807) is 0 Å². The number of piperazine rings is 1. The van der Waals surface area contributed by atoms with Gasteiger partial charge in [0.25, 0.3) is 0 Å². The summed E-state index contributed by atoms with van der Waals surface area (Å²) in [6.07, 6.45) is -4.45. The number of carbonyl (C=O) groups excluding carboxylic acids is 1. The summed E-state index contributed by atoms with van der Waals surface area (Å²) in [6.45, 7) is 3.53. The van der Waals surface area contributed by atoms with Gasteiger partial charge in [-0.05, 0) is 25.2 Å². The number of amides is 1. The molecule has 0 radical (unpaired) electrons. The fraction of sp³-hybridized carbons (Fsp3) is 0.500. The molecule has 0 bridgehead atoms. The van der Waals surface area contributed by atoms with E-state index in [1.165, 1.54) is 6.07 Å². The highest BCUT2D eigenvalue weighted by atomic mass is 35.5. The summed E-state index contributed by atoms with van der Waals surface area (Å²) >= 11 is 5.81. The summed E-state index contributed by atoms with van der Waals surface area (Å²) in [5, 5.41) is 2.43. The molecule has 8 heteroatoms. The van der Waals surface area contributed by atoms with Crippen LogP contribution in [-0.2, 0) is 11.0 Å². The van der Waals surface area contributed by atoms with Gasteiger partial charge in [-0.3, -0.25) is 9.69 Å². The summed E-state index contributed by atoms with van der Waals surface area (Å²) in [4.78, 5) is 16.1. The molecule has 1 N–H and O–H groups in total. The zero-order valence-corrected chi connectivity index (χ0v) is 12.8. The second kappa shape index (κ2) is 6.85. The van der Waals surface area contributed by atoms with Crippen molar-refractivity contribution in [1.29, 1.82) is 0 Å². The van der Waals surface area contributed by atoms with Gasteiger partial charge in [-0.25, -0.2) is 0 Å². The number of hydrogen-bond donors (Lipinski definition) is 1. The van der Waals surface area contributed by atoms with E-state index in [1.807, 2.05) is 11.9 Å². The van der Waals surface area contributed by atoms with E-state index in [4.69, 9.17) is 11.6 Å². The molecule has 1 aliphatic rings. The minimum Gasteiger partial charge on any atom is -0.324 e. The van der Waals surface area contributed by atoms with Crippen LogP contribution in [-0.4, -0.2) is 55.5 Å². The molecule has 1 amide bonds. The summed E-state index contributed by atoms with van der Waals surface area (Å²) in [6, 6.07) is 2.89. The first-order valence-corrected chi connectivity index (χ1v) is 7.21. The molecule has 1 heterocycles. The van der Waals surface area contributed by atoms with Crippen molar-refractivity contribution in [2.45, 2.75) is 6.18 Å². The molecule has 0 atom stereocenters. The molecule has 122 valence electrons. The third-order valence-corrected chi connectivity index (χ3v) is 3.85. The molecular weight excluding hydrogens is 319 g/mol. The maximum Gasteiger partial charge on any atom is 0.416 e. The highest BCUT2D eigenvalue weighted by molar-refractivity contribution is 6.33. The first kappa shape index (κ1) is 17.1. The number of carbonyl (C=O) groups is 1. The molecule has 0 aromatic heterocycles. The van der Waals surface area contributed by atoms with E-state index < -0.39 is 11.7 Å². The molecule has 0 spiro atoms. The second-order valence-electron chi connectivity index (χ2n) is 5.32. The number of nitrogens with one attached hydrogen (secondary N) is 1. The van der Waals surface area contributed by atoms with Crippen molar-refractivity contribution in [3.05, 3.63) is 28.8 Å². The molecule has 0 saturated carbocycles. The number of likely N-dealkylation sites (N-methyl/N-ethyl adjacent to an activating group) is 1. The lowest BCUT2D eigenvalue weighted by atomic mass is 10.2. The van der Waals surface area contributed by atoms with Crippen molar-refractivity contribution in [3.8, 4) is 0 Å². The Morgan fingerprint density at radius 3 is 2.45 bits per heavy atom. The summed E-state index contributed by atoms with van der Waals surface area (Å²) in [7, 11) is 2.01. The van der Waals surface area contributed by atoms with Crippen LogP contribution < -0.4 is 5.32 Å². The van der Waals surface area contributed by atoms with Gasteiger partial charge in [-0.2, -0.15) is 13.2 Å². The Hall–Kier alpha value is -1.31. The maximum atomic E-state index is 12.5. The van der Waals surface area contributed by atoms with Crippen LogP contribution in [0, 0.1) is 0 Å². The average Bonchev–Trinajstić information content (AvgIpc) is 2.42. The Bertz CT molecular complexity index is 543. The number of hydrogen-bond acceptors (Lipinski definition) is 3. The first-order chi connectivity index (χ1) is 10.3. The molecule has 1 saturated heterocycles. The van der Waals surface area contributed by atoms with Crippen molar-refractivity contribution in [3.63, 3.8) is 0 Å². The molecular formula is C14H17ClF3N3O. The summed E-state index contributed by atoms with van der Waals surface area (Å²) < 4.78 is 37.6. The first-order valence-electron chi connectivity index (χ1n) is 6.83. The Morgan fingerprint density at radius 1 is 1.27 bits per heavy atom. The van der Waals surface area contributed by atoms with Gasteiger partial charge in [0.15, 0.2) is 0 Å². The molecule has 1 aliphatic heterocycles. The number of alkyl halides is 3. The number of rotatable bonds is 3.